The smallest absolute Gasteiger partial charge is 0.0166 e. The van der Waals surface area contributed by atoms with Crippen LogP contribution in [0.5, 0.6) is 0 Å². The standard InChI is InChI=1S/C7H16N2.2ClH/c1-7-6-9(2)5-3-4-8-7;;/h7-8H,3-6H2,1-2H3;2*1H. The van der Waals surface area contributed by atoms with E-state index in [1.165, 1.54) is 26.1 Å². The third kappa shape index (κ3) is 5.74. The maximum atomic E-state index is 3.43. The summed E-state index contributed by atoms with van der Waals surface area (Å²) >= 11 is 0. The molecule has 1 heterocycles. The summed E-state index contributed by atoms with van der Waals surface area (Å²) in [6.45, 7) is 5.87. The number of hydrogen-bond donors (Lipinski definition) is 1. The molecule has 1 aliphatic rings. The van der Waals surface area contributed by atoms with Crippen LogP contribution in [0.1, 0.15) is 13.3 Å². The fraction of sp³-hybridized carbons (Fsp3) is 1.00. The van der Waals surface area contributed by atoms with Crippen LogP contribution in [0.3, 0.4) is 0 Å². The molecule has 1 rings (SSSR count). The van der Waals surface area contributed by atoms with Gasteiger partial charge < -0.3 is 10.2 Å². The zero-order valence-corrected chi connectivity index (χ0v) is 8.80. The summed E-state index contributed by atoms with van der Waals surface area (Å²) in [5, 5.41) is 3.43. The van der Waals surface area contributed by atoms with Crippen molar-refractivity contribution in [3.63, 3.8) is 0 Å². The molecule has 70 valence electrons. The molecule has 0 spiro atoms. The van der Waals surface area contributed by atoms with E-state index in [4.69, 9.17) is 0 Å². The van der Waals surface area contributed by atoms with Crippen LogP contribution in [0.15, 0.2) is 0 Å². The van der Waals surface area contributed by atoms with Crippen LogP contribution in [-0.2, 0) is 0 Å². The number of halogens is 2. The third-order valence-electron chi connectivity index (χ3n) is 1.79. The lowest BCUT2D eigenvalue weighted by atomic mass is 10.3. The minimum atomic E-state index is 0. The van der Waals surface area contributed by atoms with Gasteiger partial charge in [-0.25, -0.2) is 0 Å². The summed E-state index contributed by atoms with van der Waals surface area (Å²) in [6, 6.07) is 0.678. The molecule has 1 aliphatic heterocycles. The van der Waals surface area contributed by atoms with Crippen molar-refractivity contribution in [2.45, 2.75) is 19.4 Å². The van der Waals surface area contributed by atoms with Crippen molar-refractivity contribution in [3.05, 3.63) is 0 Å². The van der Waals surface area contributed by atoms with Gasteiger partial charge in [-0.1, -0.05) is 0 Å². The zero-order valence-electron chi connectivity index (χ0n) is 7.17. The summed E-state index contributed by atoms with van der Waals surface area (Å²) in [5.41, 5.74) is 0. The van der Waals surface area contributed by atoms with Gasteiger partial charge in [-0.15, -0.1) is 24.8 Å². The Morgan fingerprint density at radius 3 is 2.64 bits per heavy atom. The molecule has 0 saturated carbocycles. The van der Waals surface area contributed by atoms with Crippen molar-refractivity contribution in [1.82, 2.24) is 10.2 Å². The molecule has 1 N–H and O–H groups in total. The predicted octanol–water partition coefficient (Wildman–Crippen LogP) is 1.14. The minimum Gasteiger partial charge on any atom is -0.313 e. The second-order valence-electron chi connectivity index (χ2n) is 2.97. The van der Waals surface area contributed by atoms with Crippen LogP contribution in [0.25, 0.3) is 0 Å². The first kappa shape index (κ1) is 14.0. The van der Waals surface area contributed by atoms with Gasteiger partial charge in [-0.3, -0.25) is 0 Å². The molecule has 0 bridgehead atoms. The molecule has 1 saturated heterocycles. The second-order valence-corrected chi connectivity index (χ2v) is 2.97. The van der Waals surface area contributed by atoms with Crippen LogP contribution < -0.4 is 5.32 Å². The fourth-order valence-electron chi connectivity index (χ4n) is 1.32. The highest BCUT2D eigenvalue weighted by Gasteiger charge is 2.08. The normalized spacial score (nSPS) is 26.2. The minimum absolute atomic E-state index is 0. The molecular formula is C7H18Cl2N2. The van der Waals surface area contributed by atoms with Gasteiger partial charge in [0.15, 0.2) is 0 Å². The Morgan fingerprint density at radius 2 is 2.00 bits per heavy atom. The number of nitrogens with zero attached hydrogens (tertiary/aromatic N) is 1. The highest BCUT2D eigenvalue weighted by atomic mass is 35.5. The molecule has 2 nitrogen and oxygen atoms in total. The van der Waals surface area contributed by atoms with Crippen molar-refractivity contribution in [3.8, 4) is 0 Å². The van der Waals surface area contributed by atoms with Crippen molar-refractivity contribution in [2.24, 2.45) is 0 Å². The molecule has 0 aromatic carbocycles. The van der Waals surface area contributed by atoms with Crippen molar-refractivity contribution < 1.29 is 0 Å². The lowest BCUT2D eigenvalue weighted by molar-refractivity contribution is 0.332. The second kappa shape index (κ2) is 7.17. The van der Waals surface area contributed by atoms with E-state index in [-0.39, 0.29) is 24.8 Å². The molecule has 11 heavy (non-hydrogen) atoms. The van der Waals surface area contributed by atoms with Gasteiger partial charge in [-0.2, -0.15) is 0 Å². The summed E-state index contributed by atoms with van der Waals surface area (Å²) in [4.78, 5) is 2.38. The van der Waals surface area contributed by atoms with E-state index in [0.29, 0.717) is 6.04 Å². The molecule has 4 heteroatoms. The van der Waals surface area contributed by atoms with E-state index >= 15 is 0 Å². The lowest BCUT2D eigenvalue weighted by Gasteiger charge is -2.15. The summed E-state index contributed by atoms with van der Waals surface area (Å²) in [5.74, 6) is 0. The monoisotopic (exact) mass is 200 g/mol. The molecule has 0 amide bonds. The number of hydrogen-bond acceptors (Lipinski definition) is 2. The molecule has 1 atom stereocenters. The first-order valence-corrected chi connectivity index (χ1v) is 3.71. The van der Waals surface area contributed by atoms with Gasteiger partial charge in [0.2, 0.25) is 0 Å². The van der Waals surface area contributed by atoms with E-state index < -0.39 is 0 Å². The van der Waals surface area contributed by atoms with Crippen LogP contribution >= 0.6 is 24.8 Å². The van der Waals surface area contributed by atoms with E-state index in [0.717, 1.165) is 0 Å². The number of rotatable bonds is 0. The summed E-state index contributed by atoms with van der Waals surface area (Å²) < 4.78 is 0. The van der Waals surface area contributed by atoms with Crippen LogP contribution in [-0.4, -0.2) is 37.6 Å². The Labute approximate surface area is 81.5 Å². The summed E-state index contributed by atoms with van der Waals surface area (Å²) in [6.07, 6.45) is 1.29. The van der Waals surface area contributed by atoms with Gasteiger partial charge >= 0.3 is 0 Å². The summed E-state index contributed by atoms with van der Waals surface area (Å²) in [7, 11) is 2.18. The lowest BCUT2D eigenvalue weighted by Crippen LogP contribution is -2.33. The van der Waals surface area contributed by atoms with Gasteiger partial charge in [0.1, 0.15) is 0 Å². The quantitative estimate of drug-likeness (QED) is 0.632. The average Bonchev–Trinajstić information content (AvgIpc) is 1.93. The molecule has 0 radical (unpaired) electrons. The zero-order chi connectivity index (χ0) is 6.69. The van der Waals surface area contributed by atoms with E-state index in [1.54, 1.807) is 0 Å². The maximum Gasteiger partial charge on any atom is 0.0166 e. The first-order chi connectivity index (χ1) is 4.29. The van der Waals surface area contributed by atoms with Crippen molar-refractivity contribution in [2.75, 3.05) is 26.7 Å². The average molecular weight is 201 g/mol. The van der Waals surface area contributed by atoms with E-state index in [1.807, 2.05) is 0 Å². The Balaban J connectivity index is 0. The Kier molecular flexibility index (Phi) is 9.15. The largest absolute Gasteiger partial charge is 0.313 e. The van der Waals surface area contributed by atoms with E-state index in [9.17, 15) is 0 Å². The Morgan fingerprint density at radius 1 is 1.36 bits per heavy atom. The van der Waals surface area contributed by atoms with Crippen molar-refractivity contribution >= 4 is 24.8 Å². The highest BCUT2D eigenvalue weighted by Crippen LogP contribution is 1.95. The van der Waals surface area contributed by atoms with E-state index in [2.05, 4.69) is 24.2 Å². The topological polar surface area (TPSA) is 15.3 Å². The van der Waals surface area contributed by atoms with Gasteiger partial charge in [-0.05, 0) is 33.5 Å². The van der Waals surface area contributed by atoms with Crippen LogP contribution in [0, 0.1) is 0 Å². The Bertz CT molecular complexity index is 80.5. The molecule has 0 aliphatic carbocycles. The Hall–Kier alpha value is 0.500. The highest BCUT2D eigenvalue weighted by molar-refractivity contribution is 5.85. The maximum absolute atomic E-state index is 3.43. The van der Waals surface area contributed by atoms with Crippen LogP contribution in [0.2, 0.25) is 0 Å². The fourth-order valence-corrected chi connectivity index (χ4v) is 1.32. The molecule has 0 aromatic rings. The molecule has 1 fully saturated rings. The van der Waals surface area contributed by atoms with Crippen LogP contribution in [0.4, 0.5) is 0 Å². The number of likely N-dealkylation sites (N-methyl/N-ethyl adjacent to an activating group) is 1. The van der Waals surface area contributed by atoms with Crippen molar-refractivity contribution in [1.29, 1.82) is 0 Å². The van der Waals surface area contributed by atoms with Gasteiger partial charge in [0, 0.05) is 12.6 Å². The molecular weight excluding hydrogens is 183 g/mol. The third-order valence-corrected chi connectivity index (χ3v) is 1.79. The van der Waals surface area contributed by atoms with Gasteiger partial charge in [0.05, 0.1) is 0 Å². The predicted molar refractivity (Wildman–Crippen MR) is 54.1 cm³/mol. The number of nitrogens with one attached hydrogen (secondary N) is 1. The van der Waals surface area contributed by atoms with Gasteiger partial charge in [0.25, 0.3) is 0 Å². The molecule has 1 unspecified atom stereocenters. The first-order valence-electron chi connectivity index (χ1n) is 3.71. The SMILES string of the molecule is CC1CN(C)CCCN1.Cl.Cl. The molecule has 0 aromatic heterocycles.